The van der Waals surface area contributed by atoms with Crippen LogP contribution in [0.15, 0.2) is 0 Å². The van der Waals surface area contributed by atoms with Crippen LogP contribution in [0.3, 0.4) is 0 Å². The molecule has 0 aromatic rings. The van der Waals surface area contributed by atoms with Crippen LogP contribution in [0.5, 0.6) is 0 Å². The Labute approximate surface area is 101 Å². The topological polar surface area (TPSA) is 15.3 Å². The first-order valence-electron chi connectivity index (χ1n) is 7.22. The molecule has 94 valence electrons. The number of nitrogens with one attached hydrogen (secondary N) is 1. The Bertz CT molecular complexity index is 193. The zero-order chi connectivity index (χ0) is 11.4. The van der Waals surface area contributed by atoms with Gasteiger partial charge in [0.2, 0.25) is 0 Å². The van der Waals surface area contributed by atoms with Crippen molar-refractivity contribution in [2.75, 3.05) is 13.6 Å². The van der Waals surface area contributed by atoms with E-state index in [1.807, 2.05) is 0 Å². The minimum atomic E-state index is 0.698. The Morgan fingerprint density at radius 3 is 2.25 bits per heavy atom. The maximum atomic E-state index is 3.65. The first kappa shape index (κ1) is 12.4. The number of hydrogen-bond acceptors (Lipinski definition) is 2. The summed E-state index contributed by atoms with van der Waals surface area (Å²) in [6, 6.07) is 2.40. The number of nitrogens with zero attached hydrogens (tertiary/aromatic N) is 1. The van der Waals surface area contributed by atoms with E-state index in [1.54, 1.807) is 0 Å². The van der Waals surface area contributed by atoms with E-state index in [-0.39, 0.29) is 0 Å². The highest BCUT2D eigenvalue weighted by Crippen LogP contribution is 2.23. The van der Waals surface area contributed by atoms with E-state index in [2.05, 4.69) is 24.2 Å². The Morgan fingerprint density at radius 1 is 1.06 bits per heavy atom. The molecule has 1 atom stereocenters. The van der Waals surface area contributed by atoms with Crippen molar-refractivity contribution >= 4 is 0 Å². The third-order valence-electron chi connectivity index (χ3n) is 4.38. The standard InChI is InChI=1S/C14H28N2/c1-12(11-15-13-9-10-13)16(2)14-7-5-3-4-6-8-14/h12-15H,3-11H2,1-2H3. The van der Waals surface area contributed by atoms with Gasteiger partial charge < -0.3 is 5.32 Å². The monoisotopic (exact) mass is 224 g/mol. The van der Waals surface area contributed by atoms with E-state index in [0.29, 0.717) is 6.04 Å². The molecule has 2 fully saturated rings. The third-order valence-corrected chi connectivity index (χ3v) is 4.38. The van der Waals surface area contributed by atoms with E-state index < -0.39 is 0 Å². The molecular weight excluding hydrogens is 196 g/mol. The molecule has 0 heterocycles. The van der Waals surface area contributed by atoms with E-state index in [9.17, 15) is 0 Å². The fourth-order valence-electron chi connectivity index (χ4n) is 2.79. The smallest absolute Gasteiger partial charge is 0.0192 e. The van der Waals surface area contributed by atoms with E-state index in [0.717, 1.165) is 12.1 Å². The van der Waals surface area contributed by atoms with Gasteiger partial charge >= 0.3 is 0 Å². The summed E-state index contributed by atoms with van der Waals surface area (Å²) in [5.74, 6) is 0. The Hall–Kier alpha value is -0.0800. The lowest BCUT2D eigenvalue weighted by atomic mass is 10.1. The molecule has 2 saturated carbocycles. The van der Waals surface area contributed by atoms with Gasteiger partial charge in [0.1, 0.15) is 0 Å². The zero-order valence-electron chi connectivity index (χ0n) is 11.0. The molecule has 2 rings (SSSR count). The van der Waals surface area contributed by atoms with Gasteiger partial charge in [-0.25, -0.2) is 0 Å². The van der Waals surface area contributed by atoms with Gasteiger partial charge in [0.05, 0.1) is 0 Å². The summed E-state index contributed by atoms with van der Waals surface area (Å²) < 4.78 is 0. The molecular formula is C14H28N2. The normalized spacial score (nSPS) is 25.7. The molecule has 16 heavy (non-hydrogen) atoms. The van der Waals surface area contributed by atoms with E-state index >= 15 is 0 Å². The van der Waals surface area contributed by atoms with Crippen LogP contribution in [0, 0.1) is 0 Å². The first-order chi connectivity index (χ1) is 7.77. The average molecular weight is 224 g/mol. The predicted molar refractivity (Wildman–Crippen MR) is 69.7 cm³/mol. The third kappa shape index (κ3) is 3.74. The quantitative estimate of drug-likeness (QED) is 0.722. The van der Waals surface area contributed by atoms with Crippen molar-refractivity contribution in [3.8, 4) is 0 Å². The van der Waals surface area contributed by atoms with Crippen molar-refractivity contribution < 1.29 is 0 Å². The summed E-state index contributed by atoms with van der Waals surface area (Å²) in [5, 5.41) is 3.65. The minimum absolute atomic E-state index is 0.698. The average Bonchev–Trinajstić information content (AvgIpc) is 3.11. The van der Waals surface area contributed by atoms with E-state index in [4.69, 9.17) is 0 Å². The molecule has 2 heteroatoms. The minimum Gasteiger partial charge on any atom is -0.312 e. The summed E-state index contributed by atoms with van der Waals surface area (Å²) in [7, 11) is 2.33. The second kappa shape index (κ2) is 6.02. The lowest BCUT2D eigenvalue weighted by Crippen LogP contribution is -2.44. The van der Waals surface area contributed by atoms with Gasteiger partial charge in [0.15, 0.2) is 0 Å². The van der Waals surface area contributed by atoms with Gasteiger partial charge in [-0.2, -0.15) is 0 Å². The fourth-order valence-corrected chi connectivity index (χ4v) is 2.79. The summed E-state index contributed by atoms with van der Waals surface area (Å²) in [6.45, 7) is 3.55. The van der Waals surface area contributed by atoms with Crippen LogP contribution in [-0.2, 0) is 0 Å². The number of hydrogen-bond donors (Lipinski definition) is 1. The molecule has 2 nitrogen and oxygen atoms in total. The number of rotatable bonds is 5. The van der Waals surface area contributed by atoms with Crippen molar-refractivity contribution in [3.63, 3.8) is 0 Å². The molecule has 2 aliphatic rings. The molecule has 1 N–H and O–H groups in total. The summed E-state index contributed by atoms with van der Waals surface area (Å²) in [4.78, 5) is 2.63. The lowest BCUT2D eigenvalue weighted by Gasteiger charge is -2.33. The van der Waals surface area contributed by atoms with Gasteiger partial charge in [-0.3, -0.25) is 4.90 Å². The highest BCUT2D eigenvalue weighted by atomic mass is 15.2. The SMILES string of the molecule is CC(CNC1CC1)N(C)C1CCCCCC1. The first-order valence-corrected chi connectivity index (χ1v) is 7.22. The van der Waals surface area contributed by atoms with Crippen molar-refractivity contribution in [2.45, 2.75) is 76.4 Å². The van der Waals surface area contributed by atoms with Gasteiger partial charge in [-0.15, -0.1) is 0 Å². The molecule has 0 amide bonds. The van der Waals surface area contributed by atoms with Crippen molar-refractivity contribution in [2.24, 2.45) is 0 Å². The highest BCUT2D eigenvalue weighted by Gasteiger charge is 2.24. The molecule has 0 bridgehead atoms. The van der Waals surface area contributed by atoms with Crippen LogP contribution >= 0.6 is 0 Å². The molecule has 0 aromatic carbocycles. The van der Waals surface area contributed by atoms with Crippen LogP contribution in [0.25, 0.3) is 0 Å². The van der Waals surface area contributed by atoms with Crippen molar-refractivity contribution in [1.82, 2.24) is 10.2 Å². The summed E-state index contributed by atoms with van der Waals surface area (Å²) in [5.41, 5.74) is 0. The second-order valence-corrected chi connectivity index (χ2v) is 5.84. The second-order valence-electron chi connectivity index (χ2n) is 5.84. The Balaban J connectivity index is 1.71. The molecule has 1 unspecified atom stereocenters. The van der Waals surface area contributed by atoms with Crippen LogP contribution < -0.4 is 5.32 Å². The lowest BCUT2D eigenvalue weighted by molar-refractivity contribution is 0.164. The summed E-state index contributed by atoms with van der Waals surface area (Å²) >= 11 is 0. The zero-order valence-corrected chi connectivity index (χ0v) is 11.0. The molecule has 2 aliphatic carbocycles. The Kier molecular flexibility index (Phi) is 4.66. The molecule has 0 radical (unpaired) electrons. The van der Waals surface area contributed by atoms with Gasteiger partial charge in [0, 0.05) is 24.7 Å². The van der Waals surface area contributed by atoms with Gasteiger partial charge in [0.25, 0.3) is 0 Å². The molecule has 0 aromatic heterocycles. The fraction of sp³-hybridized carbons (Fsp3) is 1.00. The number of likely N-dealkylation sites (N-methyl/N-ethyl adjacent to an activating group) is 1. The maximum Gasteiger partial charge on any atom is 0.0192 e. The van der Waals surface area contributed by atoms with Crippen LogP contribution in [0.4, 0.5) is 0 Å². The molecule has 0 saturated heterocycles. The van der Waals surface area contributed by atoms with Gasteiger partial charge in [-0.05, 0) is 39.7 Å². The Morgan fingerprint density at radius 2 is 1.69 bits per heavy atom. The maximum absolute atomic E-state index is 3.65. The highest BCUT2D eigenvalue weighted by molar-refractivity contribution is 4.84. The summed E-state index contributed by atoms with van der Waals surface area (Å²) in [6.07, 6.45) is 11.4. The largest absolute Gasteiger partial charge is 0.312 e. The van der Waals surface area contributed by atoms with Crippen LogP contribution in [0.1, 0.15) is 58.3 Å². The van der Waals surface area contributed by atoms with Crippen LogP contribution in [-0.4, -0.2) is 36.6 Å². The van der Waals surface area contributed by atoms with Gasteiger partial charge in [-0.1, -0.05) is 25.7 Å². The van der Waals surface area contributed by atoms with Crippen molar-refractivity contribution in [1.29, 1.82) is 0 Å². The predicted octanol–water partition coefficient (Wildman–Crippen LogP) is 2.78. The van der Waals surface area contributed by atoms with Crippen LogP contribution in [0.2, 0.25) is 0 Å². The van der Waals surface area contributed by atoms with Crippen molar-refractivity contribution in [3.05, 3.63) is 0 Å². The molecule has 0 spiro atoms. The van der Waals surface area contributed by atoms with E-state index in [1.165, 1.54) is 57.9 Å². The molecule has 0 aliphatic heterocycles.